The van der Waals surface area contributed by atoms with Gasteiger partial charge < -0.3 is 15.2 Å². The first kappa shape index (κ1) is 15.9. The molecule has 2 N–H and O–H groups in total. The third-order valence-electron chi connectivity index (χ3n) is 3.41. The predicted octanol–water partition coefficient (Wildman–Crippen LogP) is 1.62. The van der Waals surface area contributed by atoms with Crippen LogP contribution in [0, 0.1) is 0 Å². The van der Waals surface area contributed by atoms with Gasteiger partial charge >= 0.3 is 0 Å². The summed E-state index contributed by atoms with van der Waals surface area (Å²) in [6.45, 7) is 2.97. The van der Waals surface area contributed by atoms with E-state index in [2.05, 4.69) is 15.6 Å². The number of carbonyl (C=O) groups is 1. The number of thioether (sulfide) groups is 1. The van der Waals surface area contributed by atoms with Gasteiger partial charge in [0.15, 0.2) is 0 Å². The van der Waals surface area contributed by atoms with Crippen LogP contribution in [0.5, 0.6) is 0 Å². The molecule has 0 aliphatic rings. The molecule has 1 unspecified atom stereocenters. The Kier molecular flexibility index (Phi) is 5.64. The van der Waals surface area contributed by atoms with Crippen molar-refractivity contribution in [3.63, 3.8) is 0 Å². The first-order valence-corrected chi connectivity index (χ1v) is 8.42. The number of amides is 1. The van der Waals surface area contributed by atoms with E-state index < -0.39 is 0 Å². The summed E-state index contributed by atoms with van der Waals surface area (Å²) >= 11 is 1.71. The smallest absolute Gasteiger partial charge is 0.240 e. The van der Waals surface area contributed by atoms with Gasteiger partial charge in [-0.1, -0.05) is 12.1 Å². The molecule has 0 saturated heterocycles. The van der Waals surface area contributed by atoms with E-state index in [1.807, 2.05) is 49.1 Å². The fourth-order valence-corrected chi connectivity index (χ4v) is 2.59. The van der Waals surface area contributed by atoms with Crippen molar-refractivity contribution in [2.24, 2.45) is 0 Å². The summed E-state index contributed by atoms with van der Waals surface area (Å²) in [6, 6.07) is 8.20. The Bertz CT molecular complexity index is 611. The summed E-state index contributed by atoms with van der Waals surface area (Å²) in [6.07, 6.45) is 2.04. The molecule has 114 valence electrons. The van der Waals surface area contributed by atoms with Crippen molar-refractivity contribution in [2.45, 2.75) is 25.3 Å². The minimum atomic E-state index is 0.0163. The molecule has 1 aromatic carbocycles. The van der Waals surface area contributed by atoms with Crippen LogP contribution in [0.1, 0.15) is 12.7 Å². The first-order valence-electron chi connectivity index (χ1n) is 7.02. The van der Waals surface area contributed by atoms with Crippen molar-refractivity contribution in [3.05, 3.63) is 30.1 Å². The topological polar surface area (TPSA) is 58.9 Å². The molecule has 1 amide bonds. The standard InChI is InChI=1S/C15H22N4OS/c1-11(16-2)8-17-15(20)9-19-13-7-5-4-6-12(13)18-14(19)10-21-3/h4-7,11,16H,8-10H2,1-3H3,(H,17,20). The summed E-state index contributed by atoms with van der Waals surface area (Å²) in [7, 11) is 1.89. The molecule has 1 heterocycles. The zero-order valence-electron chi connectivity index (χ0n) is 12.7. The number of nitrogens with zero attached hydrogens (tertiary/aromatic N) is 2. The number of fused-ring (bicyclic) bond motifs is 1. The Hall–Kier alpha value is -1.53. The summed E-state index contributed by atoms with van der Waals surface area (Å²) in [5, 5.41) is 6.05. The average molecular weight is 306 g/mol. The highest BCUT2D eigenvalue weighted by atomic mass is 32.2. The van der Waals surface area contributed by atoms with E-state index in [-0.39, 0.29) is 11.9 Å². The lowest BCUT2D eigenvalue weighted by atomic mass is 10.3. The molecule has 0 fully saturated rings. The van der Waals surface area contributed by atoms with Crippen LogP contribution in [-0.4, -0.2) is 41.3 Å². The van der Waals surface area contributed by atoms with Crippen LogP contribution in [0.15, 0.2) is 24.3 Å². The Morgan fingerprint density at radius 2 is 2.19 bits per heavy atom. The van der Waals surface area contributed by atoms with Gasteiger partial charge in [-0.2, -0.15) is 11.8 Å². The van der Waals surface area contributed by atoms with Crippen molar-refractivity contribution in [1.82, 2.24) is 20.2 Å². The fraction of sp³-hybridized carbons (Fsp3) is 0.467. The SMILES string of the molecule is CNC(C)CNC(=O)Cn1c(CSC)nc2ccccc21. The molecule has 1 atom stereocenters. The number of imidazole rings is 1. The normalized spacial score (nSPS) is 12.5. The third kappa shape index (κ3) is 3.98. The molecular formula is C15H22N4OS. The van der Waals surface area contributed by atoms with Crippen molar-refractivity contribution in [1.29, 1.82) is 0 Å². The monoisotopic (exact) mass is 306 g/mol. The van der Waals surface area contributed by atoms with E-state index in [9.17, 15) is 4.79 Å². The minimum absolute atomic E-state index is 0.0163. The van der Waals surface area contributed by atoms with E-state index in [0.717, 1.165) is 22.6 Å². The minimum Gasteiger partial charge on any atom is -0.353 e. The number of hydrogen-bond donors (Lipinski definition) is 2. The average Bonchev–Trinajstić information content (AvgIpc) is 2.83. The van der Waals surface area contributed by atoms with Gasteiger partial charge in [-0.25, -0.2) is 4.98 Å². The molecule has 0 saturated carbocycles. The molecule has 0 spiro atoms. The molecule has 5 nitrogen and oxygen atoms in total. The van der Waals surface area contributed by atoms with Crippen LogP contribution in [0.2, 0.25) is 0 Å². The molecule has 0 bridgehead atoms. The van der Waals surface area contributed by atoms with Gasteiger partial charge in [0.25, 0.3) is 0 Å². The first-order chi connectivity index (χ1) is 10.2. The van der Waals surface area contributed by atoms with Crippen molar-refractivity contribution in [2.75, 3.05) is 19.8 Å². The van der Waals surface area contributed by atoms with E-state index in [1.165, 1.54) is 0 Å². The van der Waals surface area contributed by atoms with Crippen LogP contribution in [-0.2, 0) is 17.1 Å². The van der Waals surface area contributed by atoms with E-state index in [1.54, 1.807) is 11.8 Å². The second-order valence-electron chi connectivity index (χ2n) is 5.03. The van der Waals surface area contributed by atoms with Crippen LogP contribution in [0.25, 0.3) is 11.0 Å². The molecule has 0 aliphatic carbocycles. The van der Waals surface area contributed by atoms with Gasteiger partial charge in [0.05, 0.1) is 16.8 Å². The fourth-order valence-electron chi connectivity index (χ4n) is 2.11. The Morgan fingerprint density at radius 3 is 2.90 bits per heavy atom. The van der Waals surface area contributed by atoms with Crippen LogP contribution >= 0.6 is 11.8 Å². The highest BCUT2D eigenvalue weighted by molar-refractivity contribution is 7.97. The molecule has 21 heavy (non-hydrogen) atoms. The van der Waals surface area contributed by atoms with Crippen LogP contribution in [0.3, 0.4) is 0 Å². The molecular weight excluding hydrogens is 284 g/mol. The van der Waals surface area contributed by atoms with Crippen molar-refractivity contribution >= 4 is 28.7 Å². The summed E-state index contributed by atoms with van der Waals surface area (Å²) < 4.78 is 2.01. The van der Waals surface area contributed by atoms with Crippen molar-refractivity contribution in [3.8, 4) is 0 Å². The Labute approximate surface area is 129 Å². The molecule has 2 rings (SSSR count). The second-order valence-corrected chi connectivity index (χ2v) is 5.90. The van der Waals surface area contributed by atoms with Crippen LogP contribution < -0.4 is 10.6 Å². The summed E-state index contributed by atoms with van der Waals surface area (Å²) in [5.41, 5.74) is 1.95. The number of rotatable bonds is 7. The number of carbonyl (C=O) groups excluding carboxylic acids is 1. The molecule has 0 radical (unpaired) electrons. The zero-order valence-corrected chi connectivity index (χ0v) is 13.5. The number of aromatic nitrogens is 2. The summed E-state index contributed by atoms with van der Waals surface area (Å²) in [4.78, 5) is 16.8. The highest BCUT2D eigenvalue weighted by Crippen LogP contribution is 2.18. The maximum atomic E-state index is 12.1. The number of benzene rings is 1. The number of hydrogen-bond acceptors (Lipinski definition) is 4. The highest BCUT2D eigenvalue weighted by Gasteiger charge is 2.13. The number of para-hydroxylation sites is 2. The lowest BCUT2D eigenvalue weighted by Gasteiger charge is -2.13. The Morgan fingerprint density at radius 1 is 1.43 bits per heavy atom. The third-order valence-corrected chi connectivity index (χ3v) is 3.95. The maximum absolute atomic E-state index is 12.1. The van der Waals surface area contributed by atoms with E-state index in [4.69, 9.17) is 0 Å². The lowest BCUT2D eigenvalue weighted by molar-refractivity contribution is -0.121. The second kappa shape index (κ2) is 7.47. The van der Waals surface area contributed by atoms with Gasteiger partial charge in [-0.3, -0.25) is 4.79 Å². The Balaban J connectivity index is 2.16. The quantitative estimate of drug-likeness (QED) is 0.816. The predicted molar refractivity (Wildman–Crippen MR) is 88.5 cm³/mol. The van der Waals surface area contributed by atoms with E-state index in [0.29, 0.717) is 13.1 Å². The summed E-state index contributed by atoms with van der Waals surface area (Å²) in [5.74, 6) is 1.76. The van der Waals surface area contributed by atoms with Gasteiger partial charge in [0.1, 0.15) is 12.4 Å². The van der Waals surface area contributed by atoms with Crippen LogP contribution in [0.4, 0.5) is 0 Å². The number of likely N-dealkylation sites (N-methyl/N-ethyl adjacent to an activating group) is 1. The van der Waals surface area contributed by atoms with Gasteiger partial charge in [-0.05, 0) is 32.4 Å². The number of nitrogens with one attached hydrogen (secondary N) is 2. The molecule has 2 aromatic rings. The maximum Gasteiger partial charge on any atom is 0.240 e. The molecule has 1 aromatic heterocycles. The molecule has 6 heteroatoms. The van der Waals surface area contributed by atoms with Gasteiger partial charge in [-0.15, -0.1) is 0 Å². The van der Waals surface area contributed by atoms with E-state index >= 15 is 0 Å². The van der Waals surface area contributed by atoms with Gasteiger partial charge in [0.2, 0.25) is 5.91 Å². The lowest BCUT2D eigenvalue weighted by Crippen LogP contribution is -2.38. The van der Waals surface area contributed by atoms with Crippen molar-refractivity contribution < 1.29 is 4.79 Å². The molecule has 0 aliphatic heterocycles. The van der Waals surface area contributed by atoms with Gasteiger partial charge in [0, 0.05) is 12.6 Å². The zero-order chi connectivity index (χ0) is 15.2. The largest absolute Gasteiger partial charge is 0.353 e.